The van der Waals surface area contributed by atoms with Crippen LogP contribution in [0.5, 0.6) is 0 Å². The van der Waals surface area contributed by atoms with Crippen molar-refractivity contribution in [2.45, 2.75) is 119 Å². The number of unbranched alkanes of at least 4 members (excludes halogenated alkanes) is 6. The van der Waals surface area contributed by atoms with Crippen LogP contribution in [0.25, 0.3) is 0 Å². The van der Waals surface area contributed by atoms with Gasteiger partial charge in [0.05, 0.1) is 37.0 Å². The van der Waals surface area contributed by atoms with E-state index < -0.39 is 16.5 Å². The topological polar surface area (TPSA) is 0 Å². The first kappa shape index (κ1) is 35.7. The van der Waals surface area contributed by atoms with Gasteiger partial charge in [0.1, 0.15) is 0 Å². The molecule has 0 aliphatic rings. The average molecular weight is 673 g/mol. The number of rotatable bonds is 18. The zero-order valence-corrected chi connectivity index (χ0v) is 26.6. The summed E-state index contributed by atoms with van der Waals surface area (Å²) in [5, 5.41) is 0. The quantitative estimate of drug-likeness (QED) is 0.127. The van der Waals surface area contributed by atoms with Gasteiger partial charge in [-0.15, -0.1) is 0 Å². The molecule has 0 saturated carbocycles. The number of hydrogen-bond acceptors (Lipinski definition) is 0. The Hall–Kier alpha value is 2.13. The van der Waals surface area contributed by atoms with Gasteiger partial charge in [0.2, 0.25) is 0 Å². The molecular formula is C24H56Cl2P2Pt+2. The van der Waals surface area contributed by atoms with E-state index in [1.165, 1.54) is 77.0 Å². The third kappa shape index (κ3) is 34.9. The van der Waals surface area contributed by atoms with Gasteiger partial charge in [-0.25, -0.2) is 0 Å². The normalized spacial score (nSPS) is 10.7. The summed E-state index contributed by atoms with van der Waals surface area (Å²) in [5.41, 5.74) is 0. The van der Waals surface area contributed by atoms with Gasteiger partial charge >= 0.3 is 35.3 Å². The first-order valence-corrected chi connectivity index (χ1v) is 22.5. The van der Waals surface area contributed by atoms with Gasteiger partial charge in [-0.05, 0) is 38.5 Å². The number of halogens is 2. The fraction of sp³-hybridized carbons (Fsp3) is 1.00. The summed E-state index contributed by atoms with van der Waals surface area (Å²) in [4.78, 5) is 0. The second-order valence-electron chi connectivity index (χ2n) is 8.17. The van der Waals surface area contributed by atoms with Crippen molar-refractivity contribution in [3.05, 3.63) is 0 Å². The number of hydrogen-bond donors (Lipinski definition) is 0. The van der Waals surface area contributed by atoms with Crippen LogP contribution < -0.4 is 0 Å². The van der Waals surface area contributed by atoms with Crippen molar-refractivity contribution in [1.29, 1.82) is 0 Å². The van der Waals surface area contributed by atoms with Crippen molar-refractivity contribution in [2.75, 3.05) is 37.0 Å². The molecule has 0 bridgehead atoms. The summed E-state index contributed by atoms with van der Waals surface area (Å²) in [7, 11) is 9.88. The SMILES string of the molecule is CCCC[PH+](CCCC)CCCC.CCCC[PH+](CCCC)CCCC.[Cl][Pt][Cl]. The summed E-state index contributed by atoms with van der Waals surface area (Å²) in [6.07, 6.45) is 26.8. The molecule has 0 aliphatic heterocycles. The summed E-state index contributed by atoms with van der Waals surface area (Å²) in [6, 6.07) is 0. The van der Waals surface area contributed by atoms with Crippen molar-refractivity contribution in [1.82, 2.24) is 0 Å². The van der Waals surface area contributed by atoms with Crippen molar-refractivity contribution in [2.24, 2.45) is 0 Å². The molecule has 184 valence electrons. The minimum absolute atomic E-state index is 0.0675. The van der Waals surface area contributed by atoms with Crippen LogP contribution in [-0.2, 0) is 16.5 Å². The summed E-state index contributed by atoms with van der Waals surface area (Å²) >= 11 is -0.472. The van der Waals surface area contributed by atoms with Crippen molar-refractivity contribution in [3.63, 3.8) is 0 Å². The van der Waals surface area contributed by atoms with Crippen LogP contribution in [-0.4, -0.2) is 37.0 Å². The van der Waals surface area contributed by atoms with Crippen LogP contribution in [0.15, 0.2) is 0 Å². The Morgan fingerprint density at radius 1 is 0.414 bits per heavy atom. The van der Waals surface area contributed by atoms with E-state index in [9.17, 15) is 0 Å². The molecule has 0 fully saturated rings. The molecule has 5 heteroatoms. The predicted octanol–water partition coefficient (Wildman–Crippen LogP) is 10.6. The molecule has 0 unspecified atom stereocenters. The van der Waals surface area contributed by atoms with Crippen molar-refractivity contribution < 1.29 is 16.5 Å². The van der Waals surface area contributed by atoms with Gasteiger partial charge < -0.3 is 0 Å². The Balaban J connectivity index is -0.000000410. The molecule has 0 atom stereocenters. The van der Waals surface area contributed by atoms with E-state index in [4.69, 9.17) is 18.8 Å². The summed E-state index contributed by atoms with van der Waals surface area (Å²) in [5.74, 6) is 0. The van der Waals surface area contributed by atoms with E-state index in [0.29, 0.717) is 0 Å². The molecule has 0 aromatic heterocycles. The monoisotopic (exact) mass is 671 g/mol. The fourth-order valence-corrected chi connectivity index (χ4v) is 9.93. The van der Waals surface area contributed by atoms with E-state index in [2.05, 4.69) is 41.5 Å². The van der Waals surface area contributed by atoms with E-state index >= 15 is 0 Å². The molecule has 0 nitrogen and oxygen atoms in total. The van der Waals surface area contributed by atoms with Gasteiger partial charge in [-0.2, -0.15) is 0 Å². The first-order valence-electron chi connectivity index (χ1n) is 12.6. The molecule has 0 rings (SSSR count). The second-order valence-corrected chi connectivity index (χ2v) is 17.4. The molecule has 0 aliphatic carbocycles. The molecule has 0 radical (unpaired) electrons. The van der Waals surface area contributed by atoms with Gasteiger partial charge in [-0.1, -0.05) is 80.1 Å². The van der Waals surface area contributed by atoms with Gasteiger partial charge in [0.25, 0.3) is 0 Å². The second kappa shape index (κ2) is 34.7. The molecule has 0 heterocycles. The third-order valence-corrected chi connectivity index (χ3v) is 11.7. The van der Waals surface area contributed by atoms with Crippen LogP contribution in [0.4, 0.5) is 0 Å². The summed E-state index contributed by atoms with van der Waals surface area (Å²) < 4.78 is 0. The maximum atomic E-state index is 4.88. The van der Waals surface area contributed by atoms with Crippen LogP contribution >= 0.6 is 34.7 Å². The summed E-state index contributed by atoms with van der Waals surface area (Å²) in [6.45, 7) is 13.9. The van der Waals surface area contributed by atoms with Gasteiger partial charge in [-0.3, -0.25) is 0 Å². The van der Waals surface area contributed by atoms with Gasteiger partial charge in [0, 0.05) is 15.8 Å². The molecule has 0 aromatic rings. The molecule has 0 aromatic carbocycles. The molecule has 0 spiro atoms. The molecule has 29 heavy (non-hydrogen) atoms. The Morgan fingerprint density at radius 2 is 0.552 bits per heavy atom. The van der Waals surface area contributed by atoms with E-state index in [1.807, 2.05) is 0 Å². The third-order valence-electron chi connectivity index (χ3n) is 5.30. The van der Waals surface area contributed by atoms with E-state index in [0.717, 1.165) is 0 Å². The first-order chi connectivity index (χ1) is 14.1. The van der Waals surface area contributed by atoms with Crippen LogP contribution in [0.1, 0.15) is 119 Å². The van der Waals surface area contributed by atoms with Crippen LogP contribution in [0, 0.1) is 0 Å². The van der Waals surface area contributed by atoms with Crippen molar-refractivity contribution in [3.8, 4) is 0 Å². The molecule has 0 N–H and O–H groups in total. The molecule has 0 amide bonds. The zero-order valence-electron chi connectivity index (χ0n) is 20.8. The minimum atomic E-state index is -0.472. The van der Waals surface area contributed by atoms with E-state index in [1.54, 1.807) is 37.0 Å². The Bertz CT molecular complexity index is 197. The van der Waals surface area contributed by atoms with E-state index in [-0.39, 0.29) is 15.8 Å². The average Bonchev–Trinajstić information content (AvgIpc) is 2.73. The van der Waals surface area contributed by atoms with Crippen LogP contribution in [0.2, 0.25) is 0 Å². The standard InChI is InChI=1S/2C12H27P.2ClH.Pt/c2*1-4-7-10-13(11-8-5-2)12-9-6-3;;;/h2*4-12H2,1-3H3;2*1H;/q;;;;+2. The fourth-order valence-electron chi connectivity index (χ4n) is 3.31. The maximum absolute atomic E-state index is 4.88. The predicted molar refractivity (Wildman–Crippen MR) is 147 cm³/mol. The molecule has 0 saturated heterocycles. The van der Waals surface area contributed by atoms with Gasteiger partial charge in [0.15, 0.2) is 0 Å². The van der Waals surface area contributed by atoms with Crippen molar-refractivity contribution >= 4 is 34.7 Å². The Kier molecular flexibility index (Phi) is 42.8. The molecular weight excluding hydrogens is 616 g/mol. The Morgan fingerprint density at radius 3 is 0.655 bits per heavy atom. The Labute approximate surface area is 205 Å². The van der Waals surface area contributed by atoms with Crippen LogP contribution in [0.3, 0.4) is 0 Å². The zero-order chi connectivity index (χ0) is 22.6.